The average molecular weight is 365 g/mol. The van der Waals surface area contributed by atoms with E-state index in [0.29, 0.717) is 0 Å². The molecule has 2 aromatic rings. The molecular formula is C18H24N2O2S2. The van der Waals surface area contributed by atoms with E-state index < -0.39 is 5.60 Å². The number of hydrogen-bond acceptors (Lipinski definition) is 4. The highest BCUT2D eigenvalue weighted by Gasteiger charge is 2.33. The molecule has 1 saturated carbocycles. The first-order valence-corrected chi connectivity index (χ1v) is 10.3. The number of nitrogens with one attached hydrogen (secondary N) is 2. The fraction of sp³-hybridized carbons (Fsp3) is 0.500. The topological polar surface area (TPSA) is 61.4 Å². The van der Waals surface area contributed by atoms with Crippen LogP contribution in [0.2, 0.25) is 0 Å². The van der Waals surface area contributed by atoms with Crippen molar-refractivity contribution in [2.45, 2.75) is 50.2 Å². The van der Waals surface area contributed by atoms with Gasteiger partial charge in [0.25, 0.3) is 0 Å². The summed E-state index contributed by atoms with van der Waals surface area (Å²) in [5, 5.41) is 23.0. The number of rotatable bonds is 5. The first-order valence-electron chi connectivity index (χ1n) is 8.52. The summed E-state index contributed by atoms with van der Waals surface area (Å²) < 4.78 is 0. The van der Waals surface area contributed by atoms with Gasteiger partial charge in [0.1, 0.15) is 5.60 Å². The van der Waals surface area contributed by atoms with Gasteiger partial charge >= 0.3 is 6.03 Å². The van der Waals surface area contributed by atoms with Gasteiger partial charge in [-0.25, -0.2) is 4.79 Å². The van der Waals surface area contributed by atoms with Crippen LogP contribution >= 0.6 is 22.7 Å². The summed E-state index contributed by atoms with van der Waals surface area (Å²) >= 11 is 3.05. The van der Waals surface area contributed by atoms with Gasteiger partial charge in [0.05, 0.1) is 6.54 Å². The Labute approximate surface area is 150 Å². The Kier molecular flexibility index (Phi) is 5.92. The molecule has 2 aromatic heterocycles. The molecule has 1 aliphatic rings. The van der Waals surface area contributed by atoms with E-state index in [1.807, 2.05) is 34.3 Å². The summed E-state index contributed by atoms with van der Waals surface area (Å²) in [6, 6.07) is 5.81. The second-order valence-electron chi connectivity index (χ2n) is 6.37. The van der Waals surface area contributed by atoms with E-state index in [1.165, 1.54) is 37.0 Å². The van der Waals surface area contributed by atoms with Crippen LogP contribution in [0.1, 0.15) is 49.0 Å². The number of hydrogen-bond donors (Lipinski definition) is 3. The highest BCUT2D eigenvalue weighted by Crippen LogP contribution is 2.33. The highest BCUT2D eigenvalue weighted by molar-refractivity contribution is 7.10. The van der Waals surface area contributed by atoms with Crippen LogP contribution in [0.15, 0.2) is 34.3 Å². The average Bonchev–Trinajstić information content (AvgIpc) is 3.25. The number of aliphatic hydroxyl groups is 1. The fourth-order valence-electron chi connectivity index (χ4n) is 3.21. The summed E-state index contributed by atoms with van der Waals surface area (Å²) in [4.78, 5) is 13.1. The molecule has 2 amide bonds. The van der Waals surface area contributed by atoms with Gasteiger partial charge in [0.15, 0.2) is 0 Å². The third kappa shape index (κ3) is 4.18. The Balaban J connectivity index is 1.62. The maximum Gasteiger partial charge on any atom is 0.315 e. The molecule has 0 radical (unpaired) electrons. The third-order valence-corrected chi connectivity index (χ3v) is 6.33. The van der Waals surface area contributed by atoms with Crippen LogP contribution in [0.3, 0.4) is 0 Å². The Morgan fingerprint density at radius 1 is 1.21 bits per heavy atom. The number of carbonyl (C=O) groups excluding carboxylic acids is 1. The largest absolute Gasteiger partial charge is 0.378 e. The molecule has 3 rings (SSSR count). The van der Waals surface area contributed by atoms with Crippen molar-refractivity contribution < 1.29 is 9.90 Å². The predicted molar refractivity (Wildman–Crippen MR) is 99.7 cm³/mol. The standard InChI is InChI=1S/C18H24N2O2S2/c21-17(20-15-6-3-1-2-4-7-15)19-13-18(22,14-9-11-23-12-14)16-8-5-10-24-16/h5,8-12,15,22H,1-4,6-7,13H2,(H2,19,20,21). The third-order valence-electron chi connectivity index (χ3n) is 4.62. The maximum atomic E-state index is 12.3. The van der Waals surface area contributed by atoms with Crippen molar-refractivity contribution >= 4 is 28.7 Å². The van der Waals surface area contributed by atoms with Crippen LogP contribution in [0.25, 0.3) is 0 Å². The van der Waals surface area contributed by atoms with Crippen LogP contribution in [-0.2, 0) is 5.60 Å². The van der Waals surface area contributed by atoms with E-state index in [4.69, 9.17) is 0 Å². The van der Waals surface area contributed by atoms with E-state index in [9.17, 15) is 9.90 Å². The van der Waals surface area contributed by atoms with E-state index in [1.54, 1.807) is 11.3 Å². The summed E-state index contributed by atoms with van der Waals surface area (Å²) in [6.45, 7) is 0.169. The van der Waals surface area contributed by atoms with E-state index in [0.717, 1.165) is 23.3 Å². The van der Waals surface area contributed by atoms with Crippen molar-refractivity contribution in [1.82, 2.24) is 10.6 Å². The summed E-state index contributed by atoms with van der Waals surface area (Å²) in [5.74, 6) is 0. The Morgan fingerprint density at radius 3 is 2.62 bits per heavy atom. The Bertz CT molecular complexity index is 583. The lowest BCUT2D eigenvalue weighted by Gasteiger charge is -2.27. The minimum atomic E-state index is -1.17. The van der Waals surface area contributed by atoms with Crippen LogP contribution in [-0.4, -0.2) is 23.7 Å². The number of thiophene rings is 2. The second-order valence-corrected chi connectivity index (χ2v) is 8.09. The zero-order valence-corrected chi connectivity index (χ0v) is 15.3. The molecule has 1 fully saturated rings. The lowest BCUT2D eigenvalue weighted by atomic mass is 9.94. The van der Waals surface area contributed by atoms with Crippen LogP contribution < -0.4 is 10.6 Å². The number of urea groups is 1. The van der Waals surface area contributed by atoms with Gasteiger partial charge in [-0.05, 0) is 41.1 Å². The molecule has 24 heavy (non-hydrogen) atoms. The fourth-order valence-corrected chi connectivity index (χ4v) is 4.78. The monoisotopic (exact) mass is 364 g/mol. The van der Waals surface area contributed by atoms with Crippen molar-refractivity contribution in [2.24, 2.45) is 0 Å². The molecule has 0 bridgehead atoms. The Morgan fingerprint density at radius 2 is 2.00 bits per heavy atom. The van der Waals surface area contributed by atoms with Crippen molar-refractivity contribution in [1.29, 1.82) is 0 Å². The van der Waals surface area contributed by atoms with Gasteiger partial charge in [-0.1, -0.05) is 31.7 Å². The molecule has 0 aromatic carbocycles. The molecule has 6 heteroatoms. The first kappa shape index (κ1) is 17.5. The zero-order valence-electron chi connectivity index (χ0n) is 13.7. The minimum Gasteiger partial charge on any atom is -0.378 e. The molecule has 1 aliphatic carbocycles. The molecule has 1 unspecified atom stereocenters. The van der Waals surface area contributed by atoms with Crippen LogP contribution in [0, 0.1) is 0 Å². The van der Waals surface area contributed by atoms with E-state index in [2.05, 4.69) is 10.6 Å². The molecule has 2 heterocycles. The number of amides is 2. The van der Waals surface area contributed by atoms with Crippen molar-refractivity contribution in [2.75, 3.05) is 6.54 Å². The maximum absolute atomic E-state index is 12.3. The first-order chi connectivity index (χ1) is 11.7. The quantitative estimate of drug-likeness (QED) is 0.701. The smallest absolute Gasteiger partial charge is 0.315 e. The van der Waals surface area contributed by atoms with Crippen molar-refractivity contribution in [3.63, 3.8) is 0 Å². The van der Waals surface area contributed by atoms with Gasteiger partial charge < -0.3 is 15.7 Å². The van der Waals surface area contributed by atoms with Crippen LogP contribution in [0.4, 0.5) is 4.79 Å². The normalized spacial score (nSPS) is 18.5. The molecule has 0 saturated heterocycles. The van der Waals surface area contributed by atoms with Gasteiger partial charge in [-0.3, -0.25) is 0 Å². The lowest BCUT2D eigenvalue weighted by molar-refractivity contribution is 0.0861. The lowest BCUT2D eigenvalue weighted by Crippen LogP contribution is -2.47. The molecule has 0 aliphatic heterocycles. The second kappa shape index (κ2) is 8.14. The molecular weight excluding hydrogens is 340 g/mol. The SMILES string of the molecule is O=C(NCC(O)(c1ccsc1)c1cccs1)NC1CCCCCC1. The predicted octanol–water partition coefficient (Wildman–Crippen LogP) is 4.07. The van der Waals surface area contributed by atoms with Gasteiger partial charge in [0, 0.05) is 16.5 Å². The summed E-state index contributed by atoms with van der Waals surface area (Å²) in [6.07, 6.45) is 6.98. The van der Waals surface area contributed by atoms with Crippen molar-refractivity contribution in [3.05, 3.63) is 44.8 Å². The highest BCUT2D eigenvalue weighted by atomic mass is 32.1. The van der Waals surface area contributed by atoms with Gasteiger partial charge in [0.2, 0.25) is 0 Å². The molecule has 1 atom stereocenters. The summed E-state index contributed by atoms with van der Waals surface area (Å²) in [7, 11) is 0. The van der Waals surface area contributed by atoms with E-state index in [-0.39, 0.29) is 18.6 Å². The van der Waals surface area contributed by atoms with Gasteiger partial charge in [-0.15, -0.1) is 11.3 Å². The van der Waals surface area contributed by atoms with Gasteiger partial charge in [-0.2, -0.15) is 11.3 Å². The zero-order chi connectivity index (χ0) is 16.8. The molecule has 3 N–H and O–H groups in total. The molecule has 130 valence electrons. The molecule has 4 nitrogen and oxygen atoms in total. The summed E-state index contributed by atoms with van der Waals surface area (Å²) in [5.41, 5.74) is -0.348. The molecule has 0 spiro atoms. The van der Waals surface area contributed by atoms with Crippen LogP contribution in [0.5, 0.6) is 0 Å². The Hall–Kier alpha value is -1.37. The van der Waals surface area contributed by atoms with Crippen molar-refractivity contribution in [3.8, 4) is 0 Å². The minimum absolute atomic E-state index is 0.169. The number of carbonyl (C=O) groups is 1. The van der Waals surface area contributed by atoms with E-state index >= 15 is 0 Å².